The van der Waals surface area contributed by atoms with E-state index in [1.165, 1.54) is 12.1 Å². The zero-order chi connectivity index (χ0) is 16.2. The third kappa shape index (κ3) is 4.98. The van der Waals surface area contributed by atoms with Gasteiger partial charge in [0.15, 0.2) is 0 Å². The van der Waals surface area contributed by atoms with Crippen LogP contribution in [0.1, 0.15) is 28.4 Å². The number of methoxy groups -OCH3 is 1. The molecular formula is C14H20ClNO4S. The quantitative estimate of drug-likeness (QED) is 0.810. The molecule has 1 rings (SSSR count). The Bertz CT molecular complexity index is 628. The Kier molecular flexibility index (Phi) is 6.19. The van der Waals surface area contributed by atoms with E-state index >= 15 is 0 Å². The van der Waals surface area contributed by atoms with Gasteiger partial charge in [-0.1, -0.05) is 6.92 Å². The van der Waals surface area contributed by atoms with Crippen LogP contribution in [-0.4, -0.2) is 34.6 Å². The number of carbonyl (C=O) groups is 1. The van der Waals surface area contributed by atoms with Crippen molar-refractivity contribution in [3.05, 3.63) is 28.8 Å². The monoisotopic (exact) mass is 333 g/mol. The number of aryl methyl sites for hydroxylation is 1. The summed E-state index contributed by atoms with van der Waals surface area (Å²) in [7, 11) is 3.08. The van der Waals surface area contributed by atoms with Gasteiger partial charge in [0.1, 0.15) is 0 Å². The van der Waals surface area contributed by atoms with Crippen molar-refractivity contribution in [2.75, 3.05) is 20.3 Å². The highest BCUT2D eigenvalue weighted by molar-refractivity contribution is 8.13. The van der Waals surface area contributed by atoms with E-state index in [2.05, 4.69) is 5.32 Å². The van der Waals surface area contributed by atoms with E-state index in [1.807, 2.05) is 6.92 Å². The average Bonchev–Trinajstić information content (AvgIpc) is 2.38. The maximum atomic E-state index is 12.2. The van der Waals surface area contributed by atoms with Crippen LogP contribution in [0.4, 0.5) is 0 Å². The van der Waals surface area contributed by atoms with E-state index in [-0.39, 0.29) is 16.7 Å². The van der Waals surface area contributed by atoms with Crippen LogP contribution in [-0.2, 0) is 13.8 Å². The van der Waals surface area contributed by atoms with Gasteiger partial charge in [-0.05, 0) is 43.0 Å². The van der Waals surface area contributed by atoms with Gasteiger partial charge in [-0.3, -0.25) is 4.79 Å². The number of amides is 1. The first-order valence-corrected chi connectivity index (χ1v) is 8.80. The van der Waals surface area contributed by atoms with Crippen LogP contribution in [0.3, 0.4) is 0 Å². The molecule has 0 aliphatic rings. The minimum Gasteiger partial charge on any atom is -0.384 e. The molecule has 1 aromatic rings. The normalized spacial score (nSPS) is 13.0. The van der Waals surface area contributed by atoms with Crippen molar-refractivity contribution in [1.29, 1.82) is 0 Å². The molecule has 1 unspecified atom stereocenters. The lowest BCUT2D eigenvalue weighted by atomic mass is 10.0. The predicted molar refractivity (Wildman–Crippen MR) is 82.3 cm³/mol. The number of hydrogen-bond acceptors (Lipinski definition) is 4. The second-order valence-corrected chi connectivity index (χ2v) is 7.69. The number of benzene rings is 1. The molecule has 0 saturated heterocycles. The lowest BCUT2D eigenvalue weighted by Gasteiger charge is -2.14. The molecule has 1 amide bonds. The van der Waals surface area contributed by atoms with Crippen LogP contribution in [0.5, 0.6) is 0 Å². The van der Waals surface area contributed by atoms with Crippen molar-refractivity contribution in [3.63, 3.8) is 0 Å². The van der Waals surface area contributed by atoms with E-state index in [0.717, 1.165) is 5.56 Å². The number of hydrogen-bond donors (Lipinski definition) is 1. The highest BCUT2D eigenvalue weighted by atomic mass is 35.7. The van der Waals surface area contributed by atoms with Gasteiger partial charge in [0.25, 0.3) is 15.0 Å². The van der Waals surface area contributed by atoms with Crippen molar-refractivity contribution in [1.82, 2.24) is 5.32 Å². The minimum atomic E-state index is -3.87. The smallest absolute Gasteiger partial charge is 0.261 e. The summed E-state index contributed by atoms with van der Waals surface area (Å²) < 4.78 is 27.9. The summed E-state index contributed by atoms with van der Waals surface area (Å²) in [5.74, 6) is -0.152. The zero-order valence-corrected chi connectivity index (χ0v) is 14.1. The molecule has 0 bridgehead atoms. The van der Waals surface area contributed by atoms with E-state index < -0.39 is 9.05 Å². The van der Waals surface area contributed by atoms with Crippen molar-refractivity contribution in [2.45, 2.75) is 25.7 Å². The zero-order valence-electron chi connectivity index (χ0n) is 12.6. The molecule has 1 N–H and O–H groups in total. The third-order valence-electron chi connectivity index (χ3n) is 3.23. The van der Waals surface area contributed by atoms with Crippen LogP contribution < -0.4 is 5.32 Å². The molecule has 0 aromatic heterocycles. The SMILES string of the molecule is COCC(C)CNC(=O)c1cc(S(=O)(=O)Cl)cc(C)c1C. The van der Waals surface area contributed by atoms with Crippen LogP contribution in [0, 0.1) is 19.8 Å². The number of rotatable bonds is 6. The fourth-order valence-electron chi connectivity index (χ4n) is 1.91. The first-order chi connectivity index (χ1) is 9.66. The number of halogens is 1. The topological polar surface area (TPSA) is 72.5 Å². The maximum Gasteiger partial charge on any atom is 0.261 e. The van der Waals surface area contributed by atoms with E-state index in [0.29, 0.717) is 24.3 Å². The standard InChI is InChI=1S/C14H20ClNO4S/c1-9(8-20-4)7-16-14(17)13-6-12(21(15,18)19)5-10(2)11(13)3/h5-6,9H,7-8H2,1-4H3,(H,16,17). The molecule has 0 spiro atoms. The van der Waals surface area contributed by atoms with Crippen LogP contribution in [0.2, 0.25) is 0 Å². The third-order valence-corrected chi connectivity index (χ3v) is 4.56. The summed E-state index contributed by atoms with van der Waals surface area (Å²) in [6.45, 7) is 6.44. The van der Waals surface area contributed by atoms with Gasteiger partial charge in [-0.25, -0.2) is 8.42 Å². The molecule has 0 saturated carbocycles. The molecule has 21 heavy (non-hydrogen) atoms. The summed E-state index contributed by atoms with van der Waals surface area (Å²) >= 11 is 0. The Morgan fingerprint density at radius 1 is 1.38 bits per heavy atom. The molecule has 0 aliphatic carbocycles. The summed E-state index contributed by atoms with van der Waals surface area (Å²) in [5, 5.41) is 2.77. The molecule has 0 radical (unpaired) electrons. The van der Waals surface area contributed by atoms with Crippen molar-refractivity contribution < 1.29 is 17.9 Å². The second-order valence-electron chi connectivity index (χ2n) is 5.12. The molecule has 0 fully saturated rings. The minimum absolute atomic E-state index is 0.0673. The van der Waals surface area contributed by atoms with Gasteiger partial charge in [-0.15, -0.1) is 0 Å². The van der Waals surface area contributed by atoms with Crippen LogP contribution >= 0.6 is 10.7 Å². The predicted octanol–water partition coefficient (Wildman–Crippen LogP) is 2.24. The summed E-state index contributed by atoms with van der Waals surface area (Å²) in [5.41, 5.74) is 1.75. The lowest BCUT2D eigenvalue weighted by Crippen LogP contribution is -2.30. The van der Waals surface area contributed by atoms with Gasteiger partial charge in [0.2, 0.25) is 0 Å². The molecule has 0 aliphatic heterocycles. The van der Waals surface area contributed by atoms with Gasteiger partial charge in [0, 0.05) is 29.9 Å². The van der Waals surface area contributed by atoms with E-state index in [1.54, 1.807) is 21.0 Å². The van der Waals surface area contributed by atoms with Crippen molar-refractivity contribution in [3.8, 4) is 0 Å². The molecule has 5 nitrogen and oxygen atoms in total. The van der Waals surface area contributed by atoms with Crippen LogP contribution in [0.25, 0.3) is 0 Å². The Balaban J connectivity index is 3.01. The van der Waals surface area contributed by atoms with Gasteiger partial charge < -0.3 is 10.1 Å². The summed E-state index contributed by atoms with van der Waals surface area (Å²) in [6, 6.07) is 2.77. The highest BCUT2D eigenvalue weighted by Gasteiger charge is 2.18. The van der Waals surface area contributed by atoms with Crippen molar-refractivity contribution in [2.24, 2.45) is 5.92 Å². The number of ether oxygens (including phenoxy) is 1. The molecule has 1 aromatic carbocycles. The Morgan fingerprint density at radius 3 is 2.52 bits per heavy atom. The second kappa shape index (κ2) is 7.24. The van der Waals surface area contributed by atoms with Gasteiger partial charge in [-0.2, -0.15) is 0 Å². The Morgan fingerprint density at radius 2 is 2.00 bits per heavy atom. The number of carbonyl (C=O) groups excluding carboxylic acids is 1. The average molecular weight is 334 g/mol. The summed E-state index contributed by atoms with van der Waals surface area (Å²) in [6.07, 6.45) is 0. The molecule has 7 heteroatoms. The number of nitrogens with one attached hydrogen (secondary N) is 1. The fraction of sp³-hybridized carbons (Fsp3) is 0.500. The maximum absolute atomic E-state index is 12.2. The largest absolute Gasteiger partial charge is 0.384 e. The van der Waals surface area contributed by atoms with Crippen LogP contribution in [0.15, 0.2) is 17.0 Å². The fourth-order valence-corrected chi connectivity index (χ4v) is 2.75. The molecule has 118 valence electrons. The van der Waals surface area contributed by atoms with Gasteiger partial charge >= 0.3 is 0 Å². The van der Waals surface area contributed by atoms with E-state index in [4.69, 9.17) is 15.4 Å². The molecular weight excluding hydrogens is 314 g/mol. The summed E-state index contributed by atoms with van der Waals surface area (Å²) in [4.78, 5) is 12.1. The Hall–Kier alpha value is -1.11. The molecule has 1 atom stereocenters. The van der Waals surface area contributed by atoms with Gasteiger partial charge in [0.05, 0.1) is 11.5 Å². The Labute approximate surface area is 130 Å². The first-order valence-electron chi connectivity index (χ1n) is 6.49. The lowest BCUT2D eigenvalue weighted by molar-refractivity contribution is 0.0933. The highest BCUT2D eigenvalue weighted by Crippen LogP contribution is 2.22. The van der Waals surface area contributed by atoms with Crippen molar-refractivity contribution >= 4 is 25.6 Å². The first kappa shape index (κ1) is 17.9. The molecule has 0 heterocycles. The van der Waals surface area contributed by atoms with E-state index in [9.17, 15) is 13.2 Å².